The summed E-state index contributed by atoms with van der Waals surface area (Å²) in [6.07, 6.45) is 8.13. The lowest BCUT2D eigenvalue weighted by atomic mass is 10.0. The van der Waals surface area contributed by atoms with Gasteiger partial charge in [-0.3, -0.25) is 4.79 Å². The maximum atomic E-state index is 12.5. The van der Waals surface area contributed by atoms with Crippen LogP contribution in [0.4, 0.5) is 0 Å². The lowest BCUT2D eigenvalue weighted by molar-refractivity contribution is -0.117. The quantitative estimate of drug-likeness (QED) is 0.358. The van der Waals surface area contributed by atoms with Crippen LogP contribution in [0, 0.1) is 25.2 Å². The number of nitrogens with zero attached hydrogens (tertiary/aromatic N) is 3. The number of aryl methyl sites for hydroxylation is 4. The molecule has 0 aromatic carbocycles. The highest BCUT2D eigenvalue weighted by atomic mass is 32.1. The Morgan fingerprint density at radius 1 is 1.42 bits per heavy atom. The van der Waals surface area contributed by atoms with Crippen molar-refractivity contribution in [1.82, 2.24) is 14.9 Å². The number of methoxy groups -OCH3 is 1. The van der Waals surface area contributed by atoms with E-state index in [4.69, 9.17) is 9.72 Å². The van der Waals surface area contributed by atoms with E-state index in [-0.39, 0.29) is 17.5 Å². The number of nitriles is 1. The van der Waals surface area contributed by atoms with Gasteiger partial charge in [0.1, 0.15) is 11.6 Å². The summed E-state index contributed by atoms with van der Waals surface area (Å²) in [5, 5.41) is 13.6. The molecule has 0 saturated heterocycles. The second-order valence-electron chi connectivity index (χ2n) is 8.21. The van der Waals surface area contributed by atoms with E-state index in [0.717, 1.165) is 47.6 Å². The second kappa shape index (κ2) is 10.7. The number of fused-ring (bicyclic) bond motifs is 1. The standard InChI is InChI=1S/C24H32N4O2S/c1-16-12-19(18(3)28(16)17(2)15-30-4)13-20(14-25)24(29)26-11-7-10-23-27-21-8-5-6-9-22(21)31-23/h12-13,17H,5-11,15H2,1-4H3,(H,26,29)/b20-13+. The molecule has 1 aliphatic carbocycles. The Bertz CT molecular complexity index is 973. The molecule has 7 heteroatoms. The van der Waals surface area contributed by atoms with E-state index in [1.165, 1.54) is 23.4 Å². The van der Waals surface area contributed by atoms with Gasteiger partial charge in [-0.2, -0.15) is 5.26 Å². The van der Waals surface area contributed by atoms with Gasteiger partial charge in [-0.05, 0) is 70.6 Å². The average Bonchev–Trinajstić information content (AvgIpc) is 3.29. The minimum absolute atomic E-state index is 0.129. The Kier molecular flexibility index (Phi) is 8.05. The molecule has 0 aliphatic heterocycles. The molecule has 0 fully saturated rings. The van der Waals surface area contributed by atoms with Crippen molar-refractivity contribution in [3.63, 3.8) is 0 Å². The number of nitrogens with one attached hydrogen (secondary N) is 1. The topological polar surface area (TPSA) is 79.9 Å². The third-order valence-electron chi connectivity index (χ3n) is 5.78. The first kappa shape index (κ1) is 23.2. The molecule has 0 bridgehead atoms. The fourth-order valence-electron chi connectivity index (χ4n) is 4.30. The first-order chi connectivity index (χ1) is 14.9. The smallest absolute Gasteiger partial charge is 0.261 e. The number of hydrogen-bond acceptors (Lipinski definition) is 5. The molecule has 6 nitrogen and oxygen atoms in total. The summed E-state index contributed by atoms with van der Waals surface area (Å²) < 4.78 is 7.45. The van der Waals surface area contributed by atoms with Gasteiger partial charge in [0.05, 0.1) is 23.4 Å². The Morgan fingerprint density at radius 3 is 2.90 bits per heavy atom. The van der Waals surface area contributed by atoms with E-state index in [9.17, 15) is 10.1 Å². The van der Waals surface area contributed by atoms with Crippen molar-refractivity contribution in [2.75, 3.05) is 20.3 Å². The maximum absolute atomic E-state index is 12.5. The van der Waals surface area contributed by atoms with E-state index in [2.05, 4.69) is 22.9 Å². The summed E-state index contributed by atoms with van der Waals surface area (Å²) >= 11 is 1.82. The lowest BCUT2D eigenvalue weighted by Crippen LogP contribution is -2.25. The molecule has 2 aromatic heterocycles. The fourth-order valence-corrected chi connectivity index (χ4v) is 5.49. The van der Waals surface area contributed by atoms with Crippen LogP contribution in [0.5, 0.6) is 0 Å². The third-order valence-corrected chi connectivity index (χ3v) is 7.00. The Morgan fingerprint density at radius 2 is 2.19 bits per heavy atom. The normalized spacial score (nSPS) is 14.7. The molecule has 1 N–H and O–H groups in total. The molecule has 0 spiro atoms. The van der Waals surface area contributed by atoms with Crippen molar-refractivity contribution < 1.29 is 9.53 Å². The molecule has 1 unspecified atom stereocenters. The number of thiazole rings is 1. The van der Waals surface area contributed by atoms with E-state index in [1.807, 2.05) is 31.3 Å². The van der Waals surface area contributed by atoms with Crippen LogP contribution in [-0.2, 0) is 28.8 Å². The number of carbonyl (C=O) groups is 1. The first-order valence-electron chi connectivity index (χ1n) is 11.0. The Balaban J connectivity index is 1.57. The maximum Gasteiger partial charge on any atom is 0.261 e. The van der Waals surface area contributed by atoms with Gasteiger partial charge in [-0.15, -0.1) is 11.3 Å². The van der Waals surface area contributed by atoms with Crippen LogP contribution in [0.25, 0.3) is 6.08 Å². The van der Waals surface area contributed by atoms with Gasteiger partial charge in [0, 0.05) is 36.3 Å². The number of rotatable bonds is 9. The van der Waals surface area contributed by atoms with Crippen molar-refractivity contribution >= 4 is 23.3 Å². The SMILES string of the molecule is COCC(C)n1c(C)cc(/C=C(\C#N)C(=O)NCCCc2nc3c(s2)CCCC3)c1C. The average molecular weight is 441 g/mol. The van der Waals surface area contributed by atoms with Crippen molar-refractivity contribution in [3.05, 3.63) is 44.2 Å². The van der Waals surface area contributed by atoms with Gasteiger partial charge in [0.25, 0.3) is 5.91 Å². The van der Waals surface area contributed by atoms with Crippen LogP contribution in [0.2, 0.25) is 0 Å². The summed E-state index contributed by atoms with van der Waals surface area (Å²) in [6, 6.07) is 4.25. The molecule has 0 radical (unpaired) electrons. The zero-order chi connectivity index (χ0) is 22.4. The molecule has 1 atom stereocenters. The molecular weight excluding hydrogens is 408 g/mol. The number of carbonyl (C=O) groups excluding carboxylic acids is 1. The molecule has 2 aromatic rings. The third kappa shape index (κ3) is 5.63. The lowest BCUT2D eigenvalue weighted by Gasteiger charge is -2.17. The molecular formula is C24H32N4O2S. The molecule has 3 rings (SSSR count). The van der Waals surface area contributed by atoms with Gasteiger partial charge >= 0.3 is 0 Å². The molecule has 166 valence electrons. The minimum Gasteiger partial charge on any atom is -0.383 e. The number of amides is 1. The number of aromatic nitrogens is 2. The van der Waals surface area contributed by atoms with E-state index in [1.54, 1.807) is 13.2 Å². The van der Waals surface area contributed by atoms with Gasteiger partial charge in [0.2, 0.25) is 0 Å². The van der Waals surface area contributed by atoms with Crippen LogP contribution in [0.1, 0.15) is 64.8 Å². The van der Waals surface area contributed by atoms with Crippen LogP contribution in [0.15, 0.2) is 11.6 Å². The highest BCUT2D eigenvalue weighted by Crippen LogP contribution is 2.27. The highest BCUT2D eigenvalue weighted by molar-refractivity contribution is 7.11. The number of ether oxygens (including phenoxy) is 1. The summed E-state index contributed by atoms with van der Waals surface area (Å²) in [7, 11) is 1.69. The monoisotopic (exact) mass is 440 g/mol. The summed E-state index contributed by atoms with van der Waals surface area (Å²) in [5.74, 6) is -0.323. The predicted molar refractivity (Wildman–Crippen MR) is 124 cm³/mol. The Labute approximate surface area is 188 Å². The highest BCUT2D eigenvalue weighted by Gasteiger charge is 2.17. The van der Waals surface area contributed by atoms with E-state index >= 15 is 0 Å². The van der Waals surface area contributed by atoms with Crippen LogP contribution in [0.3, 0.4) is 0 Å². The summed E-state index contributed by atoms with van der Waals surface area (Å²) in [4.78, 5) is 18.7. The fraction of sp³-hybridized carbons (Fsp3) is 0.542. The zero-order valence-electron chi connectivity index (χ0n) is 19.0. The molecule has 1 aliphatic rings. The summed E-state index contributed by atoms with van der Waals surface area (Å²) in [5.41, 5.74) is 4.40. The summed E-state index contributed by atoms with van der Waals surface area (Å²) in [6.45, 7) is 7.26. The van der Waals surface area contributed by atoms with E-state index in [0.29, 0.717) is 13.2 Å². The van der Waals surface area contributed by atoms with Crippen LogP contribution < -0.4 is 5.32 Å². The predicted octanol–water partition coefficient (Wildman–Crippen LogP) is 4.30. The van der Waals surface area contributed by atoms with Crippen molar-refractivity contribution in [3.8, 4) is 6.07 Å². The minimum atomic E-state index is -0.323. The first-order valence-corrected chi connectivity index (χ1v) is 11.8. The van der Waals surface area contributed by atoms with Gasteiger partial charge < -0.3 is 14.6 Å². The van der Waals surface area contributed by atoms with E-state index < -0.39 is 0 Å². The van der Waals surface area contributed by atoms with Crippen molar-refractivity contribution in [2.45, 2.75) is 65.3 Å². The van der Waals surface area contributed by atoms with Gasteiger partial charge in [0.15, 0.2) is 0 Å². The second-order valence-corrected chi connectivity index (χ2v) is 9.38. The molecule has 1 amide bonds. The zero-order valence-corrected chi connectivity index (χ0v) is 19.8. The van der Waals surface area contributed by atoms with Crippen molar-refractivity contribution in [2.24, 2.45) is 0 Å². The van der Waals surface area contributed by atoms with Crippen LogP contribution >= 0.6 is 11.3 Å². The largest absolute Gasteiger partial charge is 0.383 e. The number of hydrogen-bond donors (Lipinski definition) is 1. The van der Waals surface area contributed by atoms with Gasteiger partial charge in [-0.1, -0.05) is 0 Å². The molecule has 2 heterocycles. The van der Waals surface area contributed by atoms with Crippen molar-refractivity contribution in [1.29, 1.82) is 5.26 Å². The van der Waals surface area contributed by atoms with Gasteiger partial charge in [-0.25, -0.2) is 4.98 Å². The Hall–Kier alpha value is -2.43. The molecule has 31 heavy (non-hydrogen) atoms. The van der Waals surface area contributed by atoms with Crippen LogP contribution in [-0.4, -0.2) is 35.7 Å². The molecule has 0 saturated carbocycles.